The Hall–Kier alpha value is -0.180. The number of hydrogen-bond donors (Lipinski definition) is 0. The van der Waals surface area contributed by atoms with E-state index in [1.165, 1.54) is 19.8 Å². The van der Waals surface area contributed by atoms with E-state index in [0.717, 1.165) is 64.2 Å². The summed E-state index contributed by atoms with van der Waals surface area (Å²) >= 11 is 0. The van der Waals surface area contributed by atoms with Gasteiger partial charge in [-0.2, -0.15) is 16.8 Å². The van der Waals surface area contributed by atoms with E-state index >= 15 is 0 Å². The Kier molecular flexibility index (Phi) is 7.17. The fourth-order valence-electron chi connectivity index (χ4n) is 6.64. The van der Waals surface area contributed by atoms with E-state index in [2.05, 4.69) is 0 Å². The molecule has 4 fully saturated rings. The predicted octanol–water partition coefficient (Wildman–Crippen LogP) is 4.74. The molecule has 4 rings (SSSR count). The molecular weight excluding hydrogens is 424 g/mol. The van der Waals surface area contributed by atoms with E-state index in [1.54, 1.807) is 0 Å². The third-order valence-corrected chi connectivity index (χ3v) is 12.4. The topological polar surface area (TPSA) is 86.7 Å². The van der Waals surface area contributed by atoms with Crippen LogP contribution in [-0.2, 0) is 28.6 Å². The normalized spacial score (nSPS) is 39.0. The molecular formula is C22H38O6S2. The Labute approximate surface area is 182 Å². The molecule has 30 heavy (non-hydrogen) atoms. The van der Waals surface area contributed by atoms with Gasteiger partial charge >= 0.3 is 0 Å². The van der Waals surface area contributed by atoms with Gasteiger partial charge in [0.1, 0.15) is 0 Å². The largest absolute Gasteiger partial charge is 0.287 e. The van der Waals surface area contributed by atoms with Gasteiger partial charge in [0.25, 0.3) is 20.2 Å². The van der Waals surface area contributed by atoms with Gasteiger partial charge in [-0.15, -0.1) is 0 Å². The molecule has 0 N–H and O–H groups in total. The molecule has 0 aromatic heterocycles. The summed E-state index contributed by atoms with van der Waals surface area (Å²) in [7, 11) is -8.52. The molecule has 0 aromatic carbocycles. The van der Waals surface area contributed by atoms with Gasteiger partial charge in [0.05, 0.1) is 12.2 Å². The minimum absolute atomic E-state index is 0.236. The monoisotopic (exact) mass is 462 g/mol. The first-order valence-electron chi connectivity index (χ1n) is 12.1. The molecule has 6 unspecified atom stereocenters. The van der Waals surface area contributed by atoms with Crippen LogP contribution in [0.3, 0.4) is 0 Å². The van der Waals surface area contributed by atoms with Crippen molar-refractivity contribution in [2.24, 2.45) is 23.7 Å². The highest BCUT2D eigenvalue weighted by molar-refractivity contribution is 8.04. The van der Waals surface area contributed by atoms with Crippen molar-refractivity contribution in [1.82, 2.24) is 0 Å². The predicted molar refractivity (Wildman–Crippen MR) is 116 cm³/mol. The van der Waals surface area contributed by atoms with Crippen LogP contribution in [0.5, 0.6) is 0 Å². The lowest BCUT2D eigenvalue weighted by Gasteiger charge is -2.41. The van der Waals surface area contributed by atoms with Crippen molar-refractivity contribution < 1.29 is 25.2 Å². The molecule has 0 heterocycles. The molecule has 4 aliphatic rings. The Morgan fingerprint density at radius 2 is 0.933 bits per heavy atom. The summed E-state index contributed by atoms with van der Waals surface area (Å²) in [5, 5.41) is 0. The van der Waals surface area contributed by atoms with Gasteiger partial charge in [0.2, 0.25) is 4.58 Å². The average Bonchev–Trinajstić information content (AvgIpc) is 2.73. The minimum Gasteiger partial charge on any atom is -0.265 e. The van der Waals surface area contributed by atoms with Gasteiger partial charge in [-0.05, 0) is 69.1 Å². The van der Waals surface area contributed by atoms with Crippen molar-refractivity contribution in [3.05, 3.63) is 0 Å². The summed E-state index contributed by atoms with van der Waals surface area (Å²) in [6.45, 7) is 1.22. The van der Waals surface area contributed by atoms with Crippen molar-refractivity contribution in [1.29, 1.82) is 0 Å². The standard InChI is InChI=1S/C22H38O6S2/c1-16(29(23,24)27-21-14-6-10-17-8-2-4-12-19(17)21)30(25,26)28-22-15-7-11-18-9-3-5-13-20(18)22/h16-22H,2-15H2,1H3. The molecule has 174 valence electrons. The second kappa shape index (κ2) is 9.36. The fraction of sp³-hybridized carbons (Fsp3) is 1.00. The van der Waals surface area contributed by atoms with E-state index < -0.39 is 24.8 Å². The molecule has 0 spiro atoms. The lowest BCUT2D eigenvalue weighted by atomic mass is 9.69. The molecule has 0 amide bonds. The SMILES string of the molecule is CC(S(=O)(=O)OC1CCCC2CCCCC21)S(=O)(=O)OC1CCCC2CCCCC21. The molecule has 6 atom stereocenters. The summed E-state index contributed by atoms with van der Waals surface area (Å²) in [5.74, 6) is 1.50. The van der Waals surface area contributed by atoms with Crippen molar-refractivity contribution in [2.75, 3.05) is 0 Å². The van der Waals surface area contributed by atoms with Crippen LogP contribution < -0.4 is 0 Å². The van der Waals surface area contributed by atoms with Crippen molar-refractivity contribution in [3.63, 3.8) is 0 Å². The maximum Gasteiger partial charge on any atom is 0.287 e. The van der Waals surface area contributed by atoms with Gasteiger partial charge < -0.3 is 0 Å². The first-order chi connectivity index (χ1) is 14.3. The third kappa shape index (κ3) is 4.91. The second-order valence-electron chi connectivity index (χ2n) is 10.1. The summed E-state index contributed by atoms with van der Waals surface area (Å²) in [6, 6.07) is 0. The van der Waals surface area contributed by atoms with E-state index in [1.807, 2.05) is 0 Å². The van der Waals surface area contributed by atoms with Crippen LogP contribution >= 0.6 is 0 Å². The molecule has 8 heteroatoms. The highest BCUT2D eigenvalue weighted by atomic mass is 32.3. The third-order valence-electron chi connectivity index (χ3n) is 8.35. The number of hydrogen-bond acceptors (Lipinski definition) is 6. The van der Waals surface area contributed by atoms with E-state index in [-0.39, 0.29) is 24.0 Å². The van der Waals surface area contributed by atoms with Gasteiger partial charge in [-0.3, -0.25) is 8.37 Å². The smallest absolute Gasteiger partial charge is 0.265 e. The quantitative estimate of drug-likeness (QED) is 0.530. The molecule has 0 bridgehead atoms. The van der Waals surface area contributed by atoms with Crippen molar-refractivity contribution in [3.8, 4) is 0 Å². The summed E-state index contributed by atoms with van der Waals surface area (Å²) < 4.78 is 61.4. The lowest BCUT2D eigenvalue weighted by molar-refractivity contribution is 0.0288. The molecule has 0 aliphatic heterocycles. The summed E-state index contributed by atoms with van der Waals surface area (Å²) in [6.07, 6.45) is 13.6. The Morgan fingerprint density at radius 1 is 0.567 bits per heavy atom. The van der Waals surface area contributed by atoms with Crippen molar-refractivity contribution in [2.45, 2.75) is 114 Å². The van der Waals surface area contributed by atoms with Crippen LogP contribution in [0.25, 0.3) is 0 Å². The zero-order chi connectivity index (χ0) is 21.4. The lowest BCUT2D eigenvalue weighted by Crippen LogP contribution is -2.43. The molecule has 4 aliphatic carbocycles. The maximum atomic E-state index is 13.0. The first kappa shape index (κ1) is 23.0. The Morgan fingerprint density at radius 3 is 1.37 bits per heavy atom. The van der Waals surface area contributed by atoms with Gasteiger partial charge in [-0.25, -0.2) is 0 Å². The van der Waals surface area contributed by atoms with Crippen LogP contribution in [0.4, 0.5) is 0 Å². The molecule has 0 radical (unpaired) electrons. The fourth-order valence-corrected chi connectivity index (χ4v) is 9.55. The van der Waals surface area contributed by atoms with E-state index in [9.17, 15) is 16.8 Å². The van der Waals surface area contributed by atoms with E-state index in [0.29, 0.717) is 24.7 Å². The minimum atomic E-state index is -4.26. The zero-order valence-electron chi connectivity index (χ0n) is 18.2. The van der Waals surface area contributed by atoms with Crippen LogP contribution in [0.1, 0.15) is 96.8 Å². The van der Waals surface area contributed by atoms with Gasteiger partial charge in [0.15, 0.2) is 0 Å². The van der Waals surface area contributed by atoms with Gasteiger partial charge in [-0.1, -0.05) is 51.4 Å². The van der Waals surface area contributed by atoms with Crippen LogP contribution in [-0.4, -0.2) is 33.6 Å². The average molecular weight is 463 g/mol. The summed E-state index contributed by atoms with van der Waals surface area (Å²) in [5.41, 5.74) is 0. The second-order valence-corrected chi connectivity index (χ2v) is 14.2. The van der Waals surface area contributed by atoms with Crippen LogP contribution in [0, 0.1) is 23.7 Å². The van der Waals surface area contributed by atoms with Crippen LogP contribution in [0.2, 0.25) is 0 Å². The highest BCUT2D eigenvalue weighted by Crippen LogP contribution is 2.44. The first-order valence-corrected chi connectivity index (χ1v) is 15.1. The van der Waals surface area contributed by atoms with E-state index in [4.69, 9.17) is 8.37 Å². The zero-order valence-corrected chi connectivity index (χ0v) is 19.8. The number of fused-ring (bicyclic) bond motifs is 2. The van der Waals surface area contributed by atoms with Crippen molar-refractivity contribution >= 4 is 20.2 Å². The summed E-state index contributed by atoms with van der Waals surface area (Å²) in [4.78, 5) is 0. The number of rotatable bonds is 6. The molecule has 0 saturated heterocycles. The van der Waals surface area contributed by atoms with Gasteiger partial charge in [0, 0.05) is 0 Å². The van der Waals surface area contributed by atoms with Crippen LogP contribution in [0.15, 0.2) is 0 Å². The molecule has 0 aromatic rings. The Balaban J connectivity index is 1.43. The molecule has 4 saturated carbocycles. The Bertz CT molecular complexity index is 722. The highest BCUT2D eigenvalue weighted by Gasteiger charge is 2.45. The molecule has 6 nitrogen and oxygen atoms in total. The maximum absolute atomic E-state index is 13.0.